The molecule has 21 heavy (non-hydrogen) atoms. The van der Waals surface area contributed by atoms with Crippen LogP contribution in [0.25, 0.3) is 10.9 Å². The predicted molar refractivity (Wildman–Crippen MR) is 83.4 cm³/mol. The molecule has 0 saturated carbocycles. The number of benzene rings is 1. The molecule has 0 fully saturated rings. The van der Waals surface area contributed by atoms with Crippen molar-refractivity contribution in [3.05, 3.63) is 60.4 Å². The highest BCUT2D eigenvalue weighted by molar-refractivity contribution is 5.85. The third kappa shape index (κ3) is 3.17. The van der Waals surface area contributed by atoms with E-state index in [0.29, 0.717) is 5.88 Å². The summed E-state index contributed by atoms with van der Waals surface area (Å²) in [7, 11) is 0. The monoisotopic (exact) mass is 279 g/mol. The Bertz CT molecular complexity index is 720. The van der Waals surface area contributed by atoms with Crippen molar-refractivity contribution in [3.8, 4) is 11.6 Å². The summed E-state index contributed by atoms with van der Waals surface area (Å²) >= 11 is 0. The van der Waals surface area contributed by atoms with Crippen LogP contribution in [0, 0.1) is 0 Å². The molecule has 106 valence electrons. The zero-order valence-electron chi connectivity index (χ0n) is 11.9. The van der Waals surface area contributed by atoms with Crippen LogP contribution in [0.1, 0.15) is 12.5 Å². The Hall–Kier alpha value is -2.46. The summed E-state index contributed by atoms with van der Waals surface area (Å²) in [5.41, 5.74) is 2.06. The number of rotatable bonds is 5. The van der Waals surface area contributed by atoms with Crippen LogP contribution in [0.2, 0.25) is 0 Å². The maximum Gasteiger partial charge on any atom is 0.219 e. The van der Waals surface area contributed by atoms with Gasteiger partial charge in [0.05, 0.1) is 5.52 Å². The third-order valence-corrected chi connectivity index (χ3v) is 3.20. The van der Waals surface area contributed by atoms with Crippen molar-refractivity contribution in [3.63, 3.8) is 0 Å². The second-order valence-corrected chi connectivity index (χ2v) is 4.71. The molecule has 0 spiro atoms. The lowest BCUT2D eigenvalue weighted by molar-refractivity contribution is 0.467. The van der Waals surface area contributed by atoms with Gasteiger partial charge < -0.3 is 10.1 Å². The summed E-state index contributed by atoms with van der Waals surface area (Å²) in [4.78, 5) is 8.67. The number of pyridine rings is 2. The SMILES string of the molecule is CCNCc1ccc(Oc2cccc3ncccc23)nc1. The summed E-state index contributed by atoms with van der Waals surface area (Å²) in [6.45, 7) is 3.85. The Morgan fingerprint density at radius 2 is 2.00 bits per heavy atom. The highest BCUT2D eigenvalue weighted by atomic mass is 16.5. The van der Waals surface area contributed by atoms with Crippen LogP contribution >= 0.6 is 0 Å². The normalized spacial score (nSPS) is 10.7. The maximum atomic E-state index is 5.88. The van der Waals surface area contributed by atoms with Gasteiger partial charge in [0.2, 0.25) is 5.88 Å². The fourth-order valence-electron chi connectivity index (χ4n) is 2.12. The van der Waals surface area contributed by atoms with E-state index >= 15 is 0 Å². The van der Waals surface area contributed by atoms with Gasteiger partial charge in [0, 0.05) is 30.4 Å². The van der Waals surface area contributed by atoms with Crippen LogP contribution in [0.4, 0.5) is 0 Å². The van der Waals surface area contributed by atoms with E-state index in [1.807, 2.05) is 48.7 Å². The first-order valence-electron chi connectivity index (χ1n) is 7.04. The Morgan fingerprint density at radius 1 is 1.05 bits per heavy atom. The quantitative estimate of drug-likeness (QED) is 0.776. The van der Waals surface area contributed by atoms with Crippen LogP contribution in [0.3, 0.4) is 0 Å². The van der Waals surface area contributed by atoms with E-state index in [9.17, 15) is 0 Å². The highest BCUT2D eigenvalue weighted by Gasteiger charge is 2.04. The van der Waals surface area contributed by atoms with Gasteiger partial charge in [-0.15, -0.1) is 0 Å². The van der Waals surface area contributed by atoms with Gasteiger partial charge in [-0.1, -0.05) is 19.1 Å². The molecule has 0 aliphatic carbocycles. The molecule has 0 aliphatic heterocycles. The summed E-state index contributed by atoms with van der Waals surface area (Å²) in [6, 6.07) is 13.6. The van der Waals surface area contributed by atoms with Crippen molar-refractivity contribution in [2.45, 2.75) is 13.5 Å². The minimum absolute atomic E-state index is 0.589. The molecule has 3 aromatic rings. The average molecular weight is 279 g/mol. The van der Waals surface area contributed by atoms with Crippen LogP contribution in [-0.2, 0) is 6.54 Å². The smallest absolute Gasteiger partial charge is 0.219 e. The molecule has 1 aromatic carbocycles. The minimum Gasteiger partial charge on any atom is -0.438 e. The zero-order valence-corrected chi connectivity index (χ0v) is 11.9. The van der Waals surface area contributed by atoms with E-state index in [2.05, 4.69) is 22.2 Å². The minimum atomic E-state index is 0.589. The van der Waals surface area contributed by atoms with Gasteiger partial charge in [0.25, 0.3) is 0 Å². The molecule has 2 aromatic heterocycles. The number of nitrogens with one attached hydrogen (secondary N) is 1. The second kappa shape index (κ2) is 6.33. The largest absolute Gasteiger partial charge is 0.438 e. The van der Waals surface area contributed by atoms with Gasteiger partial charge in [-0.25, -0.2) is 4.98 Å². The molecule has 0 saturated heterocycles. The third-order valence-electron chi connectivity index (χ3n) is 3.20. The molecular weight excluding hydrogens is 262 g/mol. The first-order chi connectivity index (χ1) is 10.4. The standard InChI is InChI=1S/C17H17N3O/c1-2-18-11-13-8-9-17(20-12-13)21-16-7-3-6-15-14(16)5-4-10-19-15/h3-10,12,18H,2,11H2,1H3. The molecule has 0 amide bonds. The zero-order chi connectivity index (χ0) is 14.5. The highest BCUT2D eigenvalue weighted by Crippen LogP contribution is 2.27. The molecule has 0 unspecified atom stereocenters. The lowest BCUT2D eigenvalue weighted by atomic mass is 10.2. The second-order valence-electron chi connectivity index (χ2n) is 4.71. The lowest BCUT2D eigenvalue weighted by Gasteiger charge is -2.08. The Labute approximate surface area is 123 Å². The van der Waals surface area contributed by atoms with Crippen LogP contribution < -0.4 is 10.1 Å². The van der Waals surface area contributed by atoms with E-state index in [0.717, 1.165) is 35.3 Å². The van der Waals surface area contributed by atoms with E-state index < -0.39 is 0 Å². The summed E-state index contributed by atoms with van der Waals surface area (Å²) < 4.78 is 5.88. The molecule has 0 aliphatic rings. The van der Waals surface area contributed by atoms with Crippen molar-refractivity contribution in [1.82, 2.24) is 15.3 Å². The average Bonchev–Trinajstić information content (AvgIpc) is 2.55. The van der Waals surface area contributed by atoms with Gasteiger partial charge in [-0.05, 0) is 36.4 Å². The molecule has 0 radical (unpaired) electrons. The fraction of sp³-hybridized carbons (Fsp3) is 0.176. The number of ether oxygens (including phenoxy) is 1. The van der Waals surface area contributed by atoms with Crippen LogP contribution in [-0.4, -0.2) is 16.5 Å². The molecule has 4 heteroatoms. The number of hydrogen-bond donors (Lipinski definition) is 1. The van der Waals surface area contributed by atoms with Crippen LogP contribution in [0.15, 0.2) is 54.9 Å². The fourth-order valence-corrected chi connectivity index (χ4v) is 2.12. The summed E-state index contributed by atoms with van der Waals surface area (Å²) in [5, 5.41) is 4.25. The molecule has 4 nitrogen and oxygen atoms in total. The molecule has 3 rings (SSSR count). The van der Waals surface area contributed by atoms with Crippen molar-refractivity contribution < 1.29 is 4.74 Å². The van der Waals surface area contributed by atoms with Gasteiger partial charge in [-0.2, -0.15) is 0 Å². The number of nitrogens with zero attached hydrogens (tertiary/aromatic N) is 2. The van der Waals surface area contributed by atoms with Gasteiger partial charge >= 0.3 is 0 Å². The predicted octanol–water partition coefficient (Wildman–Crippen LogP) is 3.53. The number of aromatic nitrogens is 2. The first-order valence-corrected chi connectivity index (χ1v) is 7.04. The van der Waals surface area contributed by atoms with Gasteiger partial charge in [0.15, 0.2) is 0 Å². The molecule has 1 N–H and O–H groups in total. The number of hydrogen-bond acceptors (Lipinski definition) is 4. The van der Waals surface area contributed by atoms with E-state index in [4.69, 9.17) is 4.74 Å². The first kappa shape index (κ1) is 13.5. The Morgan fingerprint density at radius 3 is 2.81 bits per heavy atom. The Balaban J connectivity index is 1.82. The summed E-state index contributed by atoms with van der Waals surface area (Å²) in [6.07, 6.45) is 3.61. The Kier molecular flexibility index (Phi) is 4.07. The van der Waals surface area contributed by atoms with Crippen molar-refractivity contribution in [2.75, 3.05) is 6.54 Å². The lowest BCUT2D eigenvalue weighted by Crippen LogP contribution is -2.11. The molecule has 0 atom stereocenters. The van der Waals surface area contributed by atoms with E-state index in [1.165, 1.54) is 0 Å². The van der Waals surface area contributed by atoms with E-state index in [-0.39, 0.29) is 0 Å². The van der Waals surface area contributed by atoms with Crippen molar-refractivity contribution in [1.29, 1.82) is 0 Å². The molecule has 2 heterocycles. The molecule has 0 bridgehead atoms. The van der Waals surface area contributed by atoms with Crippen LogP contribution in [0.5, 0.6) is 11.6 Å². The topological polar surface area (TPSA) is 47.0 Å². The molecular formula is C17H17N3O. The van der Waals surface area contributed by atoms with E-state index in [1.54, 1.807) is 6.20 Å². The van der Waals surface area contributed by atoms with Gasteiger partial charge in [-0.3, -0.25) is 4.98 Å². The maximum absolute atomic E-state index is 5.88. The summed E-state index contributed by atoms with van der Waals surface area (Å²) in [5.74, 6) is 1.36. The van der Waals surface area contributed by atoms with Gasteiger partial charge in [0.1, 0.15) is 5.75 Å². The van der Waals surface area contributed by atoms with Crippen molar-refractivity contribution in [2.24, 2.45) is 0 Å². The van der Waals surface area contributed by atoms with Crippen molar-refractivity contribution >= 4 is 10.9 Å². The number of fused-ring (bicyclic) bond motifs is 1.